The Morgan fingerprint density at radius 3 is 2.50 bits per heavy atom. The molecule has 70 valence electrons. The SMILES string of the molecule is C=CC(=O)OCOCC(C)(C)C. The van der Waals surface area contributed by atoms with Gasteiger partial charge in [-0.25, -0.2) is 4.79 Å². The summed E-state index contributed by atoms with van der Waals surface area (Å²) in [5.74, 6) is -0.455. The fraction of sp³-hybridized carbons (Fsp3) is 0.667. The van der Waals surface area contributed by atoms with Gasteiger partial charge in [0.05, 0.1) is 6.61 Å². The summed E-state index contributed by atoms with van der Waals surface area (Å²) in [6.07, 6.45) is 1.11. The van der Waals surface area contributed by atoms with Crippen LogP contribution in [0.5, 0.6) is 0 Å². The first-order valence-corrected chi connectivity index (χ1v) is 3.82. The van der Waals surface area contributed by atoms with Crippen LogP contribution >= 0.6 is 0 Å². The minimum atomic E-state index is -0.455. The van der Waals surface area contributed by atoms with Gasteiger partial charge in [0.2, 0.25) is 0 Å². The third-order valence-corrected chi connectivity index (χ3v) is 0.986. The lowest BCUT2D eigenvalue weighted by Gasteiger charge is -2.17. The lowest BCUT2D eigenvalue weighted by Crippen LogP contribution is -2.17. The molecule has 0 radical (unpaired) electrons. The largest absolute Gasteiger partial charge is 0.435 e. The molecular weight excluding hydrogens is 156 g/mol. The zero-order chi connectivity index (χ0) is 9.61. The van der Waals surface area contributed by atoms with Crippen molar-refractivity contribution >= 4 is 5.97 Å². The predicted molar refractivity (Wildman–Crippen MR) is 46.6 cm³/mol. The van der Waals surface area contributed by atoms with Gasteiger partial charge in [0.1, 0.15) is 0 Å². The molecule has 0 aliphatic carbocycles. The Labute approximate surface area is 73.4 Å². The van der Waals surface area contributed by atoms with Crippen LogP contribution in [0.1, 0.15) is 20.8 Å². The molecule has 0 aliphatic heterocycles. The molecule has 0 aromatic carbocycles. The maximum Gasteiger partial charge on any atom is 0.332 e. The van der Waals surface area contributed by atoms with E-state index < -0.39 is 5.97 Å². The molecule has 0 saturated heterocycles. The van der Waals surface area contributed by atoms with E-state index in [9.17, 15) is 4.79 Å². The Morgan fingerprint density at radius 1 is 1.50 bits per heavy atom. The average molecular weight is 172 g/mol. The van der Waals surface area contributed by atoms with Crippen molar-refractivity contribution in [1.29, 1.82) is 0 Å². The van der Waals surface area contributed by atoms with Crippen LogP contribution in [0.4, 0.5) is 0 Å². The maximum absolute atomic E-state index is 10.5. The quantitative estimate of drug-likeness (QED) is 0.280. The number of hydrogen-bond acceptors (Lipinski definition) is 3. The number of ether oxygens (including phenoxy) is 2. The first-order valence-electron chi connectivity index (χ1n) is 3.82. The van der Waals surface area contributed by atoms with Crippen LogP contribution in [0.3, 0.4) is 0 Å². The van der Waals surface area contributed by atoms with Gasteiger partial charge in [0.15, 0.2) is 6.79 Å². The minimum Gasteiger partial charge on any atom is -0.435 e. The summed E-state index contributed by atoms with van der Waals surface area (Å²) in [6.45, 7) is 9.96. The summed E-state index contributed by atoms with van der Waals surface area (Å²) in [4.78, 5) is 10.5. The molecule has 0 aromatic rings. The fourth-order valence-corrected chi connectivity index (χ4v) is 0.507. The first kappa shape index (κ1) is 11.2. The van der Waals surface area contributed by atoms with Gasteiger partial charge in [-0.15, -0.1) is 0 Å². The van der Waals surface area contributed by atoms with Crippen LogP contribution in [0, 0.1) is 5.41 Å². The summed E-state index contributed by atoms with van der Waals surface area (Å²) in [5.41, 5.74) is 0.0978. The summed E-state index contributed by atoms with van der Waals surface area (Å²) in [7, 11) is 0. The monoisotopic (exact) mass is 172 g/mol. The summed E-state index contributed by atoms with van der Waals surface area (Å²) in [5, 5.41) is 0. The van der Waals surface area contributed by atoms with Gasteiger partial charge in [-0.3, -0.25) is 0 Å². The smallest absolute Gasteiger partial charge is 0.332 e. The van der Waals surface area contributed by atoms with Gasteiger partial charge in [0, 0.05) is 6.08 Å². The molecule has 0 aliphatic rings. The molecule has 3 heteroatoms. The molecule has 0 heterocycles. The highest BCUT2D eigenvalue weighted by molar-refractivity contribution is 5.81. The number of rotatable bonds is 4. The standard InChI is InChI=1S/C9H16O3/c1-5-8(10)12-7-11-6-9(2,3)4/h5H,1,6-7H2,2-4H3. The Hall–Kier alpha value is -0.830. The third kappa shape index (κ3) is 7.28. The lowest BCUT2D eigenvalue weighted by molar-refractivity contribution is -0.152. The molecule has 0 spiro atoms. The Bertz CT molecular complexity index is 156. The Balaban J connectivity index is 3.34. The van der Waals surface area contributed by atoms with Gasteiger partial charge >= 0.3 is 5.97 Å². The number of hydrogen-bond donors (Lipinski definition) is 0. The van der Waals surface area contributed by atoms with Crippen LogP contribution < -0.4 is 0 Å². The normalized spacial score (nSPS) is 10.9. The van der Waals surface area contributed by atoms with Gasteiger partial charge in [-0.1, -0.05) is 27.4 Å². The van der Waals surface area contributed by atoms with E-state index in [-0.39, 0.29) is 12.2 Å². The van der Waals surface area contributed by atoms with Gasteiger partial charge < -0.3 is 9.47 Å². The molecule has 0 saturated carbocycles. The molecule has 0 bridgehead atoms. The second-order valence-electron chi connectivity index (χ2n) is 3.69. The highest BCUT2D eigenvalue weighted by Crippen LogP contribution is 2.12. The maximum atomic E-state index is 10.5. The van der Waals surface area contributed by atoms with E-state index in [0.29, 0.717) is 6.61 Å². The zero-order valence-electron chi connectivity index (χ0n) is 7.92. The topological polar surface area (TPSA) is 35.5 Å². The average Bonchev–Trinajstić information content (AvgIpc) is 1.96. The molecule has 0 atom stereocenters. The summed E-state index contributed by atoms with van der Waals surface area (Å²) < 4.78 is 9.69. The first-order chi connectivity index (χ1) is 5.45. The van der Waals surface area contributed by atoms with E-state index in [1.807, 2.05) is 20.8 Å². The van der Waals surface area contributed by atoms with E-state index in [1.54, 1.807) is 0 Å². The van der Waals surface area contributed by atoms with Crippen LogP contribution in [-0.4, -0.2) is 19.4 Å². The second-order valence-corrected chi connectivity index (χ2v) is 3.69. The van der Waals surface area contributed by atoms with Crippen molar-refractivity contribution in [2.24, 2.45) is 5.41 Å². The van der Waals surface area contributed by atoms with Crippen molar-refractivity contribution < 1.29 is 14.3 Å². The lowest BCUT2D eigenvalue weighted by atomic mass is 9.99. The van der Waals surface area contributed by atoms with Crippen molar-refractivity contribution in [2.45, 2.75) is 20.8 Å². The molecule has 0 rings (SSSR count). The molecule has 0 amide bonds. The highest BCUT2D eigenvalue weighted by Gasteiger charge is 2.09. The second kappa shape index (κ2) is 4.93. The molecular formula is C9H16O3. The van der Waals surface area contributed by atoms with Gasteiger partial charge in [-0.05, 0) is 5.41 Å². The fourth-order valence-electron chi connectivity index (χ4n) is 0.507. The minimum absolute atomic E-state index is 0.00211. The van der Waals surface area contributed by atoms with E-state index in [0.717, 1.165) is 6.08 Å². The third-order valence-electron chi connectivity index (χ3n) is 0.986. The van der Waals surface area contributed by atoms with E-state index in [2.05, 4.69) is 11.3 Å². The Kier molecular flexibility index (Phi) is 4.59. The molecule has 12 heavy (non-hydrogen) atoms. The predicted octanol–water partition coefficient (Wildman–Crippen LogP) is 1.74. The number of carbonyl (C=O) groups excluding carboxylic acids is 1. The van der Waals surface area contributed by atoms with Crippen molar-refractivity contribution in [3.05, 3.63) is 12.7 Å². The number of carbonyl (C=O) groups is 1. The van der Waals surface area contributed by atoms with Gasteiger partial charge in [-0.2, -0.15) is 0 Å². The molecule has 0 fully saturated rings. The summed E-state index contributed by atoms with van der Waals surface area (Å²) >= 11 is 0. The van der Waals surface area contributed by atoms with Crippen LogP contribution in [0.25, 0.3) is 0 Å². The molecule has 0 unspecified atom stereocenters. The summed E-state index contributed by atoms with van der Waals surface area (Å²) in [6, 6.07) is 0. The van der Waals surface area contributed by atoms with Gasteiger partial charge in [0.25, 0.3) is 0 Å². The Morgan fingerprint density at radius 2 is 2.08 bits per heavy atom. The molecule has 0 aromatic heterocycles. The zero-order valence-corrected chi connectivity index (χ0v) is 7.92. The van der Waals surface area contributed by atoms with Crippen LogP contribution in [-0.2, 0) is 14.3 Å². The van der Waals surface area contributed by atoms with E-state index >= 15 is 0 Å². The molecule has 0 N–H and O–H groups in total. The molecule has 3 nitrogen and oxygen atoms in total. The number of esters is 1. The van der Waals surface area contributed by atoms with Crippen LogP contribution in [0.2, 0.25) is 0 Å². The van der Waals surface area contributed by atoms with Crippen molar-refractivity contribution in [3.8, 4) is 0 Å². The van der Waals surface area contributed by atoms with Crippen molar-refractivity contribution in [2.75, 3.05) is 13.4 Å². The van der Waals surface area contributed by atoms with E-state index in [4.69, 9.17) is 4.74 Å². The van der Waals surface area contributed by atoms with Crippen LogP contribution in [0.15, 0.2) is 12.7 Å². The van der Waals surface area contributed by atoms with Crippen molar-refractivity contribution in [3.63, 3.8) is 0 Å². The highest BCUT2D eigenvalue weighted by atomic mass is 16.7. The van der Waals surface area contributed by atoms with Crippen molar-refractivity contribution in [1.82, 2.24) is 0 Å². The van der Waals surface area contributed by atoms with E-state index in [1.165, 1.54) is 0 Å².